The Morgan fingerprint density at radius 1 is 1.04 bits per heavy atom. The largest absolute Gasteiger partial charge is 0.294 e. The van der Waals surface area contributed by atoms with Crippen molar-refractivity contribution in [1.82, 2.24) is 19.6 Å². The normalized spacial score (nSPS) is 17.7. The highest BCUT2D eigenvalue weighted by molar-refractivity contribution is 5.91. The van der Waals surface area contributed by atoms with E-state index in [1.807, 2.05) is 36.5 Å². The molecule has 6 heteroatoms. The monoisotopic (exact) mass is 375 g/mol. The summed E-state index contributed by atoms with van der Waals surface area (Å²) in [6.07, 6.45) is 10.8. The van der Waals surface area contributed by atoms with Crippen molar-refractivity contribution in [2.45, 2.75) is 51.4 Å². The number of hydrogen-bond acceptors (Lipinski definition) is 4. The van der Waals surface area contributed by atoms with Crippen molar-refractivity contribution >= 4 is 17.5 Å². The molecule has 0 saturated heterocycles. The van der Waals surface area contributed by atoms with Crippen LogP contribution in [0.2, 0.25) is 0 Å². The minimum atomic E-state index is 0.0537. The van der Waals surface area contributed by atoms with Gasteiger partial charge in [-0.3, -0.25) is 10.1 Å². The van der Waals surface area contributed by atoms with Crippen LogP contribution in [0, 0.1) is 11.8 Å². The van der Waals surface area contributed by atoms with Gasteiger partial charge in [-0.1, -0.05) is 49.6 Å². The van der Waals surface area contributed by atoms with Crippen LogP contribution in [-0.2, 0) is 11.2 Å². The van der Waals surface area contributed by atoms with Crippen molar-refractivity contribution in [3.05, 3.63) is 42.1 Å². The molecule has 3 aromatic rings. The van der Waals surface area contributed by atoms with Crippen LogP contribution in [0.1, 0.15) is 50.5 Å². The molecule has 0 aliphatic heterocycles. The van der Waals surface area contributed by atoms with E-state index in [0.29, 0.717) is 11.8 Å². The molecule has 2 aromatic heterocycles. The number of rotatable bonds is 5. The zero-order valence-corrected chi connectivity index (χ0v) is 16.0. The summed E-state index contributed by atoms with van der Waals surface area (Å²) in [7, 11) is 0. The van der Waals surface area contributed by atoms with Gasteiger partial charge in [-0.2, -0.15) is 14.6 Å². The Kier molecular flexibility index (Phi) is 4.55. The van der Waals surface area contributed by atoms with Gasteiger partial charge < -0.3 is 0 Å². The lowest BCUT2D eigenvalue weighted by Gasteiger charge is -2.20. The molecule has 0 bridgehead atoms. The number of amides is 1. The molecule has 1 aromatic carbocycles. The maximum absolute atomic E-state index is 12.8. The third kappa shape index (κ3) is 3.51. The third-order valence-electron chi connectivity index (χ3n) is 5.89. The smallest absolute Gasteiger partial charge is 0.234 e. The van der Waals surface area contributed by atoms with Gasteiger partial charge in [0.1, 0.15) is 0 Å². The van der Waals surface area contributed by atoms with Crippen molar-refractivity contribution in [1.29, 1.82) is 0 Å². The first-order valence-electron chi connectivity index (χ1n) is 10.4. The summed E-state index contributed by atoms with van der Waals surface area (Å²) in [5, 5.41) is 7.57. The van der Waals surface area contributed by atoms with E-state index in [4.69, 9.17) is 4.98 Å². The average Bonchev–Trinajstić information content (AvgIpc) is 3.48. The number of aromatic nitrogens is 4. The molecule has 2 fully saturated rings. The lowest BCUT2D eigenvalue weighted by Crippen LogP contribution is -2.26. The summed E-state index contributed by atoms with van der Waals surface area (Å²) in [6.45, 7) is 0. The van der Waals surface area contributed by atoms with E-state index in [-0.39, 0.29) is 11.8 Å². The predicted octanol–water partition coefficient (Wildman–Crippen LogP) is 4.26. The lowest BCUT2D eigenvalue weighted by molar-refractivity contribution is -0.120. The Labute approximate surface area is 164 Å². The number of nitrogens with one attached hydrogen (secondary N) is 1. The summed E-state index contributed by atoms with van der Waals surface area (Å²) in [6, 6.07) is 9.92. The fourth-order valence-corrected chi connectivity index (χ4v) is 4.07. The molecule has 2 heterocycles. The number of anilines is 1. The SMILES string of the molecule is O=C(Nc1nc(-c2ccccc2)nc2c(CC3CC3)cnn12)C1CCCCC1. The molecule has 0 atom stereocenters. The molecule has 6 nitrogen and oxygen atoms in total. The van der Waals surface area contributed by atoms with Crippen LogP contribution in [-0.4, -0.2) is 25.5 Å². The van der Waals surface area contributed by atoms with Crippen LogP contribution in [0.3, 0.4) is 0 Å². The Morgan fingerprint density at radius 3 is 2.57 bits per heavy atom. The maximum atomic E-state index is 12.8. The van der Waals surface area contributed by atoms with Crippen molar-refractivity contribution < 1.29 is 4.79 Å². The first kappa shape index (κ1) is 17.3. The van der Waals surface area contributed by atoms with E-state index < -0.39 is 0 Å². The fourth-order valence-electron chi connectivity index (χ4n) is 4.07. The van der Waals surface area contributed by atoms with Gasteiger partial charge in [-0.05, 0) is 38.0 Å². The molecule has 144 valence electrons. The molecule has 28 heavy (non-hydrogen) atoms. The predicted molar refractivity (Wildman–Crippen MR) is 108 cm³/mol. The van der Waals surface area contributed by atoms with Crippen LogP contribution < -0.4 is 5.32 Å². The quantitative estimate of drug-likeness (QED) is 0.723. The maximum Gasteiger partial charge on any atom is 0.234 e. The van der Waals surface area contributed by atoms with E-state index >= 15 is 0 Å². The highest BCUT2D eigenvalue weighted by Gasteiger charge is 2.26. The van der Waals surface area contributed by atoms with Crippen LogP contribution in [0.4, 0.5) is 5.95 Å². The van der Waals surface area contributed by atoms with Gasteiger partial charge in [0.2, 0.25) is 11.9 Å². The first-order chi connectivity index (χ1) is 13.8. The molecule has 0 radical (unpaired) electrons. The highest BCUT2D eigenvalue weighted by Crippen LogP contribution is 2.34. The van der Waals surface area contributed by atoms with Crippen molar-refractivity contribution in [2.24, 2.45) is 11.8 Å². The second kappa shape index (κ2) is 7.34. The van der Waals surface area contributed by atoms with Gasteiger partial charge in [0.15, 0.2) is 11.5 Å². The molecular weight excluding hydrogens is 350 g/mol. The van der Waals surface area contributed by atoms with Crippen LogP contribution in [0.5, 0.6) is 0 Å². The van der Waals surface area contributed by atoms with Crippen molar-refractivity contribution in [3.8, 4) is 11.4 Å². The number of benzene rings is 1. The average molecular weight is 375 g/mol. The molecule has 5 rings (SSSR count). The van der Waals surface area contributed by atoms with Crippen LogP contribution >= 0.6 is 0 Å². The topological polar surface area (TPSA) is 72.2 Å². The number of hydrogen-bond donors (Lipinski definition) is 1. The minimum Gasteiger partial charge on any atom is -0.294 e. The van der Waals surface area contributed by atoms with Gasteiger partial charge in [0.25, 0.3) is 0 Å². The van der Waals surface area contributed by atoms with E-state index in [1.165, 1.54) is 19.3 Å². The molecular formula is C22H25N5O. The third-order valence-corrected chi connectivity index (χ3v) is 5.89. The fraction of sp³-hybridized carbons (Fsp3) is 0.455. The number of nitrogens with zero attached hydrogens (tertiary/aromatic N) is 4. The van der Waals surface area contributed by atoms with Gasteiger partial charge in [-0.25, -0.2) is 4.98 Å². The molecule has 1 N–H and O–H groups in total. The molecule has 2 aliphatic carbocycles. The summed E-state index contributed by atoms with van der Waals surface area (Å²) < 4.78 is 1.70. The summed E-state index contributed by atoms with van der Waals surface area (Å²) in [5.74, 6) is 1.97. The van der Waals surface area contributed by atoms with Crippen LogP contribution in [0.15, 0.2) is 36.5 Å². The standard InChI is InChI=1S/C22H25N5O/c28-21(17-9-5-2-6-10-17)26-22-25-19(16-7-3-1-4-8-16)24-20-18(13-15-11-12-15)14-23-27(20)22/h1,3-4,7-8,14-15,17H,2,5-6,9-13H2,(H,24,25,26,28). The van der Waals surface area contributed by atoms with E-state index in [9.17, 15) is 4.79 Å². The lowest BCUT2D eigenvalue weighted by atomic mass is 9.89. The Morgan fingerprint density at radius 2 is 1.82 bits per heavy atom. The summed E-state index contributed by atoms with van der Waals surface area (Å²) >= 11 is 0. The van der Waals surface area contributed by atoms with Crippen LogP contribution in [0.25, 0.3) is 17.0 Å². The molecule has 0 unspecified atom stereocenters. The Bertz CT molecular complexity index is 987. The Balaban J connectivity index is 1.54. The number of carbonyl (C=O) groups excluding carboxylic acids is 1. The Hall–Kier alpha value is -2.76. The van der Waals surface area contributed by atoms with Crippen molar-refractivity contribution in [3.63, 3.8) is 0 Å². The van der Waals surface area contributed by atoms with Gasteiger partial charge in [0, 0.05) is 17.0 Å². The van der Waals surface area contributed by atoms with Gasteiger partial charge >= 0.3 is 0 Å². The summed E-state index contributed by atoms with van der Waals surface area (Å²) in [4.78, 5) is 22.3. The molecule has 2 aliphatic rings. The van der Waals surface area contributed by atoms with Crippen molar-refractivity contribution in [2.75, 3.05) is 5.32 Å². The molecule has 2 saturated carbocycles. The zero-order valence-electron chi connectivity index (χ0n) is 16.0. The first-order valence-corrected chi connectivity index (χ1v) is 10.4. The van der Waals surface area contributed by atoms with Gasteiger partial charge in [-0.15, -0.1) is 0 Å². The minimum absolute atomic E-state index is 0.0537. The zero-order chi connectivity index (χ0) is 18.9. The highest BCUT2D eigenvalue weighted by atomic mass is 16.2. The second-order valence-electron chi connectivity index (χ2n) is 8.11. The number of carbonyl (C=O) groups is 1. The van der Waals surface area contributed by atoms with E-state index in [1.54, 1.807) is 4.52 Å². The van der Waals surface area contributed by atoms with E-state index in [2.05, 4.69) is 15.4 Å². The molecule has 1 amide bonds. The second-order valence-corrected chi connectivity index (χ2v) is 8.11. The van der Waals surface area contributed by atoms with E-state index in [0.717, 1.165) is 54.8 Å². The number of fused-ring (bicyclic) bond motifs is 1. The van der Waals surface area contributed by atoms with Gasteiger partial charge in [0.05, 0.1) is 6.20 Å². The summed E-state index contributed by atoms with van der Waals surface area (Å²) in [5.41, 5.74) is 2.88. The molecule has 0 spiro atoms.